The van der Waals surface area contributed by atoms with E-state index in [4.69, 9.17) is 5.11 Å². The predicted molar refractivity (Wildman–Crippen MR) is 90.0 cm³/mol. The van der Waals surface area contributed by atoms with Gasteiger partial charge in [0.2, 0.25) is 0 Å². The SMILES string of the molecule is OCc1ccc(-c2cc(-c3nc4ccc(C(F)(F)F)cc4[nH]3)[nH]n2)cc1. The smallest absolute Gasteiger partial charge is 0.392 e. The van der Waals surface area contributed by atoms with Gasteiger partial charge in [-0.25, -0.2) is 4.98 Å². The summed E-state index contributed by atoms with van der Waals surface area (Å²) in [7, 11) is 0. The molecule has 0 aliphatic heterocycles. The number of alkyl halides is 3. The van der Waals surface area contributed by atoms with Crippen molar-refractivity contribution in [3.05, 3.63) is 59.7 Å². The number of nitrogens with zero attached hydrogens (tertiary/aromatic N) is 2. The van der Waals surface area contributed by atoms with Gasteiger partial charge in [-0.3, -0.25) is 5.10 Å². The highest BCUT2D eigenvalue weighted by Crippen LogP contribution is 2.32. The number of halogens is 3. The van der Waals surface area contributed by atoms with E-state index in [9.17, 15) is 13.2 Å². The van der Waals surface area contributed by atoms with Gasteiger partial charge in [-0.15, -0.1) is 0 Å². The minimum atomic E-state index is -4.40. The molecule has 0 amide bonds. The molecule has 8 heteroatoms. The lowest BCUT2D eigenvalue weighted by Crippen LogP contribution is -2.04. The zero-order valence-electron chi connectivity index (χ0n) is 13.3. The van der Waals surface area contributed by atoms with Gasteiger partial charge in [0.25, 0.3) is 0 Å². The number of aromatic nitrogens is 4. The zero-order valence-corrected chi connectivity index (χ0v) is 13.3. The lowest BCUT2D eigenvalue weighted by atomic mass is 10.1. The Hall–Kier alpha value is -3.13. The Morgan fingerprint density at radius 1 is 1.00 bits per heavy atom. The third kappa shape index (κ3) is 2.95. The predicted octanol–water partition coefficient (Wildman–Crippen LogP) is 4.13. The number of rotatable bonds is 3. The van der Waals surface area contributed by atoms with Crippen molar-refractivity contribution in [2.75, 3.05) is 0 Å². The van der Waals surface area contributed by atoms with E-state index in [2.05, 4.69) is 20.2 Å². The molecule has 132 valence electrons. The van der Waals surface area contributed by atoms with Gasteiger partial charge in [0, 0.05) is 5.56 Å². The van der Waals surface area contributed by atoms with Crippen molar-refractivity contribution < 1.29 is 18.3 Å². The summed E-state index contributed by atoms with van der Waals surface area (Å²) in [5.74, 6) is 0.407. The molecule has 2 aromatic carbocycles. The van der Waals surface area contributed by atoms with E-state index in [0.29, 0.717) is 28.2 Å². The average Bonchev–Trinajstić information content (AvgIpc) is 3.27. The molecule has 2 heterocycles. The summed E-state index contributed by atoms with van der Waals surface area (Å²) in [4.78, 5) is 7.21. The molecule has 0 aliphatic rings. The lowest BCUT2D eigenvalue weighted by molar-refractivity contribution is -0.137. The minimum Gasteiger partial charge on any atom is -0.392 e. The van der Waals surface area contributed by atoms with Crippen LogP contribution in [0.25, 0.3) is 33.8 Å². The van der Waals surface area contributed by atoms with Crippen LogP contribution in [0.15, 0.2) is 48.5 Å². The first-order chi connectivity index (χ1) is 12.4. The first kappa shape index (κ1) is 16.3. The molecule has 0 saturated heterocycles. The molecule has 4 aromatic rings. The van der Waals surface area contributed by atoms with Crippen LogP contribution in [-0.4, -0.2) is 25.3 Å². The number of aromatic amines is 2. The summed E-state index contributed by atoms with van der Waals surface area (Å²) < 4.78 is 38.5. The number of fused-ring (bicyclic) bond motifs is 1. The summed E-state index contributed by atoms with van der Waals surface area (Å²) in [6.45, 7) is -0.0367. The van der Waals surface area contributed by atoms with Crippen molar-refractivity contribution in [2.45, 2.75) is 12.8 Å². The standard InChI is InChI=1S/C18H13F3N4O/c19-18(20,21)12-5-6-13-15(7-12)23-17(22-13)16-8-14(24-25-16)11-3-1-10(9-26)2-4-11/h1-8,26H,9H2,(H,22,23)(H,24,25). The highest BCUT2D eigenvalue weighted by atomic mass is 19.4. The molecule has 0 unspecified atom stereocenters. The summed E-state index contributed by atoms with van der Waals surface area (Å²) in [6.07, 6.45) is -4.40. The number of nitrogens with one attached hydrogen (secondary N) is 2. The first-order valence-corrected chi connectivity index (χ1v) is 7.77. The quantitative estimate of drug-likeness (QED) is 0.515. The van der Waals surface area contributed by atoms with E-state index in [1.54, 1.807) is 18.2 Å². The molecule has 0 aliphatic carbocycles. The normalized spacial score (nSPS) is 12.0. The molecule has 0 atom stereocenters. The van der Waals surface area contributed by atoms with Crippen molar-refractivity contribution in [1.82, 2.24) is 20.2 Å². The average molecular weight is 358 g/mol. The molecule has 4 rings (SSSR count). The van der Waals surface area contributed by atoms with Gasteiger partial charge in [0.15, 0.2) is 5.82 Å². The maximum absolute atomic E-state index is 12.8. The fourth-order valence-corrected chi connectivity index (χ4v) is 2.69. The van der Waals surface area contributed by atoms with Crippen molar-refractivity contribution >= 4 is 11.0 Å². The van der Waals surface area contributed by atoms with E-state index < -0.39 is 11.7 Å². The summed E-state index contributed by atoms with van der Waals surface area (Å²) in [5.41, 5.74) is 2.89. The van der Waals surface area contributed by atoms with Gasteiger partial charge in [0.1, 0.15) is 5.69 Å². The van der Waals surface area contributed by atoms with E-state index in [1.807, 2.05) is 12.1 Å². The van der Waals surface area contributed by atoms with E-state index in [0.717, 1.165) is 23.3 Å². The number of H-pyrrole nitrogens is 2. The van der Waals surface area contributed by atoms with Gasteiger partial charge >= 0.3 is 6.18 Å². The Balaban J connectivity index is 1.68. The maximum Gasteiger partial charge on any atom is 0.416 e. The van der Waals surface area contributed by atoms with Crippen LogP contribution < -0.4 is 0 Å². The van der Waals surface area contributed by atoms with Crippen LogP contribution in [0.4, 0.5) is 13.2 Å². The molecular weight excluding hydrogens is 345 g/mol. The number of aliphatic hydroxyl groups excluding tert-OH is 1. The third-order valence-corrected chi connectivity index (χ3v) is 4.07. The van der Waals surface area contributed by atoms with Crippen LogP contribution >= 0.6 is 0 Å². The highest BCUT2D eigenvalue weighted by molar-refractivity contribution is 5.80. The summed E-state index contributed by atoms with van der Waals surface area (Å²) in [5, 5.41) is 16.1. The third-order valence-electron chi connectivity index (χ3n) is 4.07. The molecule has 3 N–H and O–H groups in total. The Morgan fingerprint density at radius 2 is 1.77 bits per heavy atom. The Morgan fingerprint density at radius 3 is 2.46 bits per heavy atom. The van der Waals surface area contributed by atoms with Crippen molar-refractivity contribution in [3.8, 4) is 22.8 Å². The first-order valence-electron chi connectivity index (χ1n) is 7.77. The molecular formula is C18H13F3N4O. The van der Waals surface area contributed by atoms with Gasteiger partial charge in [-0.05, 0) is 29.8 Å². The Labute approximate surface area is 145 Å². The lowest BCUT2D eigenvalue weighted by Gasteiger charge is -2.05. The second-order valence-corrected chi connectivity index (χ2v) is 5.84. The van der Waals surface area contributed by atoms with Crippen LogP contribution in [0.5, 0.6) is 0 Å². The Bertz CT molecular complexity index is 1060. The van der Waals surface area contributed by atoms with E-state index >= 15 is 0 Å². The van der Waals surface area contributed by atoms with E-state index in [-0.39, 0.29) is 6.61 Å². The maximum atomic E-state index is 12.8. The largest absolute Gasteiger partial charge is 0.416 e. The monoisotopic (exact) mass is 358 g/mol. The van der Waals surface area contributed by atoms with Crippen LogP contribution in [0.2, 0.25) is 0 Å². The molecule has 0 radical (unpaired) electrons. The number of hydrogen-bond donors (Lipinski definition) is 3. The second kappa shape index (κ2) is 5.99. The van der Waals surface area contributed by atoms with Crippen molar-refractivity contribution in [2.24, 2.45) is 0 Å². The van der Waals surface area contributed by atoms with Crippen LogP contribution in [-0.2, 0) is 12.8 Å². The van der Waals surface area contributed by atoms with Crippen LogP contribution in [0, 0.1) is 0 Å². The number of aliphatic hydroxyl groups is 1. The minimum absolute atomic E-state index is 0.0367. The fraction of sp³-hybridized carbons (Fsp3) is 0.111. The molecule has 26 heavy (non-hydrogen) atoms. The number of hydrogen-bond acceptors (Lipinski definition) is 3. The molecule has 0 fully saturated rings. The molecule has 5 nitrogen and oxygen atoms in total. The van der Waals surface area contributed by atoms with Gasteiger partial charge in [-0.2, -0.15) is 18.3 Å². The van der Waals surface area contributed by atoms with E-state index in [1.165, 1.54) is 6.07 Å². The van der Waals surface area contributed by atoms with Gasteiger partial charge < -0.3 is 10.1 Å². The number of benzene rings is 2. The Kier molecular flexibility index (Phi) is 3.77. The molecule has 0 bridgehead atoms. The second-order valence-electron chi connectivity index (χ2n) is 5.84. The van der Waals surface area contributed by atoms with Crippen LogP contribution in [0.1, 0.15) is 11.1 Å². The number of imidazole rings is 1. The molecule has 2 aromatic heterocycles. The van der Waals surface area contributed by atoms with Crippen molar-refractivity contribution in [3.63, 3.8) is 0 Å². The summed E-state index contributed by atoms with van der Waals surface area (Å²) >= 11 is 0. The van der Waals surface area contributed by atoms with Crippen LogP contribution in [0.3, 0.4) is 0 Å². The topological polar surface area (TPSA) is 77.6 Å². The zero-order chi connectivity index (χ0) is 18.3. The van der Waals surface area contributed by atoms with Crippen molar-refractivity contribution in [1.29, 1.82) is 0 Å². The van der Waals surface area contributed by atoms with Gasteiger partial charge in [-0.1, -0.05) is 24.3 Å². The fourth-order valence-electron chi connectivity index (χ4n) is 2.69. The van der Waals surface area contributed by atoms with Gasteiger partial charge in [0.05, 0.1) is 28.9 Å². The highest BCUT2D eigenvalue weighted by Gasteiger charge is 2.30. The summed E-state index contributed by atoms with van der Waals surface area (Å²) in [6, 6.07) is 12.4. The molecule has 0 spiro atoms. The molecule has 0 saturated carbocycles.